The lowest BCUT2D eigenvalue weighted by Crippen LogP contribution is -2.49. The molecule has 1 saturated heterocycles. The monoisotopic (exact) mass is 397 g/mol. The Labute approximate surface area is 168 Å². The number of piperazine rings is 1. The smallest absolute Gasteiger partial charge is 0.240 e. The molecule has 0 spiro atoms. The number of hydrogen-bond donors (Lipinski definition) is 1. The first-order valence-corrected chi connectivity index (χ1v) is 9.90. The van der Waals surface area contributed by atoms with Crippen LogP contribution < -0.4 is 10.2 Å². The molecule has 1 aliphatic heterocycles. The molecule has 1 fully saturated rings. The van der Waals surface area contributed by atoms with Gasteiger partial charge < -0.3 is 4.90 Å². The molecular weight excluding hydrogens is 373 g/mol. The van der Waals surface area contributed by atoms with E-state index in [0.717, 1.165) is 0 Å². The number of hydrogen-bond acceptors (Lipinski definition) is 6. The molecule has 152 valence electrons. The predicted octanol–water partition coefficient (Wildman–Crippen LogP) is 2.14. The first kappa shape index (κ1) is 19.4. The van der Waals surface area contributed by atoms with E-state index in [1.54, 1.807) is 12.1 Å². The fourth-order valence-electron chi connectivity index (χ4n) is 3.92. The molecule has 0 radical (unpaired) electrons. The second-order valence-corrected chi connectivity index (χ2v) is 7.75. The van der Waals surface area contributed by atoms with Crippen molar-refractivity contribution in [2.75, 3.05) is 42.9 Å². The lowest BCUT2D eigenvalue weighted by Gasteiger charge is -2.35. The molecule has 1 aromatic carbocycles. The summed E-state index contributed by atoms with van der Waals surface area (Å²) in [6, 6.07) is 6.74. The first-order chi connectivity index (χ1) is 14.0. The van der Waals surface area contributed by atoms with Gasteiger partial charge in [-0.05, 0) is 24.5 Å². The molecule has 4 rings (SSSR count). The summed E-state index contributed by atoms with van der Waals surface area (Å²) in [7, 11) is 0. The fourth-order valence-corrected chi connectivity index (χ4v) is 3.92. The Morgan fingerprint density at radius 3 is 2.72 bits per heavy atom. The number of rotatable bonds is 4. The minimum atomic E-state index is -0.226. The van der Waals surface area contributed by atoms with Gasteiger partial charge in [0, 0.05) is 38.8 Å². The standard InChI is InChI=1S/C21H24FN5O2/c1-14-10-17-15(19(28)11-14)12-23-21(24-17)25-20(29)13-26-6-8-27(9-7-26)18-5-3-2-4-16(18)22/h2-5,12,14H,6-11,13H2,1H3,(H,23,24,25,29)/t14-/m1/s1. The van der Waals surface area contributed by atoms with Gasteiger partial charge in [0.1, 0.15) is 5.82 Å². The van der Waals surface area contributed by atoms with Crippen LogP contribution >= 0.6 is 0 Å². The molecule has 1 aromatic heterocycles. The van der Waals surface area contributed by atoms with Crippen LogP contribution in [0.3, 0.4) is 0 Å². The number of nitrogens with zero attached hydrogens (tertiary/aromatic N) is 4. The van der Waals surface area contributed by atoms with Crippen LogP contribution in [0.4, 0.5) is 16.0 Å². The SMILES string of the molecule is C[C@H]1CC(=O)c2cnc(NC(=O)CN3CCN(c4ccccc4F)CC3)nc2C1. The summed E-state index contributed by atoms with van der Waals surface area (Å²) in [5, 5.41) is 2.73. The summed E-state index contributed by atoms with van der Waals surface area (Å²) in [6.07, 6.45) is 2.74. The van der Waals surface area contributed by atoms with Gasteiger partial charge in [0.2, 0.25) is 11.9 Å². The molecule has 0 unspecified atom stereocenters. The van der Waals surface area contributed by atoms with E-state index in [1.807, 2.05) is 22.8 Å². The third-order valence-electron chi connectivity index (χ3n) is 5.43. The van der Waals surface area contributed by atoms with Gasteiger partial charge >= 0.3 is 0 Å². The van der Waals surface area contributed by atoms with Gasteiger partial charge in [-0.3, -0.25) is 19.8 Å². The highest BCUT2D eigenvalue weighted by Crippen LogP contribution is 2.24. The minimum Gasteiger partial charge on any atom is -0.367 e. The number of nitrogens with one attached hydrogen (secondary N) is 1. The molecule has 2 aromatic rings. The second kappa shape index (κ2) is 8.24. The van der Waals surface area contributed by atoms with Crippen LogP contribution in [-0.4, -0.2) is 59.3 Å². The number of carbonyl (C=O) groups is 2. The minimum absolute atomic E-state index is 0.0596. The fraction of sp³-hybridized carbons (Fsp3) is 0.429. The van der Waals surface area contributed by atoms with E-state index in [-0.39, 0.29) is 35.9 Å². The van der Waals surface area contributed by atoms with Crippen molar-refractivity contribution in [1.82, 2.24) is 14.9 Å². The highest BCUT2D eigenvalue weighted by molar-refractivity contribution is 5.98. The van der Waals surface area contributed by atoms with Crippen molar-refractivity contribution in [3.63, 3.8) is 0 Å². The molecule has 29 heavy (non-hydrogen) atoms. The van der Waals surface area contributed by atoms with Gasteiger partial charge in [-0.1, -0.05) is 19.1 Å². The van der Waals surface area contributed by atoms with Gasteiger partial charge in [-0.15, -0.1) is 0 Å². The number of anilines is 2. The van der Waals surface area contributed by atoms with Crippen LogP contribution in [0.2, 0.25) is 0 Å². The number of benzene rings is 1. The largest absolute Gasteiger partial charge is 0.367 e. The van der Waals surface area contributed by atoms with E-state index in [2.05, 4.69) is 15.3 Å². The highest BCUT2D eigenvalue weighted by Gasteiger charge is 2.25. The molecule has 8 heteroatoms. The lowest BCUT2D eigenvalue weighted by atomic mass is 9.88. The number of fused-ring (bicyclic) bond motifs is 1. The van der Waals surface area contributed by atoms with E-state index < -0.39 is 0 Å². The van der Waals surface area contributed by atoms with Crippen molar-refractivity contribution in [2.45, 2.75) is 19.8 Å². The molecule has 1 aliphatic carbocycles. The van der Waals surface area contributed by atoms with Crippen molar-refractivity contribution < 1.29 is 14.0 Å². The maximum absolute atomic E-state index is 13.9. The number of ketones is 1. The third kappa shape index (κ3) is 4.42. The zero-order chi connectivity index (χ0) is 20.4. The molecule has 1 atom stereocenters. The zero-order valence-electron chi connectivity index (χ0n) is 16.4. The van der Waals surface area contributed by atoms with Crippen molar-refractivity contribution in [3.05, 3.63) is 47.5 Å². The Hall–Kier alpha value is -2.87. The number of aromatic nitrogens is 2. The number of para-hydroxylation sites is 1. The van der Waals surface area contributed by atoms with Gasteiger partial charge in [-0.2, -0.15) is 0 Å². The van der Waals surface area contributed by atoms with E-state index >= 15 is 0 Å². The summed E-state index contributed by atoms with van der Waals surface area (Å²) in [4.78, 5) is 37.0. The van der Waals surface area contributed by atoms with Crippen molar-refractivity contribution in [3.8, 4) is 0 Å². The van der Waals surface area contributed by atoms with E-state index in [1.165, 1.54) is 12.3 Å². The Bertz CT molecular complexity index is 927. The summed E-state index contributed by atoms with van der Waals surface area (Å²) in [6.45, 7) is 4.88. The lowest BCUT2D eigenvalue weighted by molar-refractivity contribution is -0.117. The Morgan fingerprint density at radius 1 is 1.21 bits per heavy atom. The van der Waals surface area contributed by atoms with Crippen molar-refractivity contribution in [1.29, 1.82) is 0 Å². The quantitative estimate of drug-likeness (QED) is 0.852. The highest BCUT2D eigenvalue weighted by atomic mass is 19.1. The topological polar surface area (TPSA) is 78.4 Å². The molecule has 0 saturated carbocycles. The van der Waals surface area contributed by atoms with Gasteiger partial charge in [0.05, 0.1) is 23.5 Å². The van der Waals surface area contributed by atoms with Crippen LogP contribution in [0.5, 0.6) is 0 Å². The molecule has 0 bridgehead atoms. The number of amides is 1. The molecule has 1 N–H and O–H groups in total. The summed E-state index contributed by atoms with van der Waals surface area (Å²) in [5.41, 5.74) is 1.87. The zero-order valence-corrected chi connectivity index (χ0v) is 16.4. The number of carbonyl (C=O) groups excluding carboxylic acids is 2. The molecule has 2 aliphatic rings. The normalized spacial score (nSPS) is 19.7. The van der Waals surface area contributed by atoms with E-state index in [0.29, 0.717) is 56.0 Å². The summed E-state index contributed by atoms with van der Waals surface area (Å²) in [5.74, 6) is 0.125. The Kier molecular flexibility index (Phi) is 5.53. The summed E-state index contributed by atoms with van der Waals surface area (Å²) >= 11 is 0. The average molecular weight is 397 g/mol. The van der Waals surface area contributed by atoms with Gasteiger partial charge in [0.25, 0.3) is 0 Å². The van der Waals surface area contributed by atoms with Gasteiger partial charge in [0.15, 0.2) is 5.78 Å². The summed E-state index contributed by atoms with van der Waals surface area (Å²) < 4.78 is 13.9. The second-order valence-electron chi connectivity index (χ2n) is 7.75. The Morgan fingerprint density at radius 2 is 1.97 bits per heavy atom. The third-order valence-corrected chi connectivity index (χ3v) is 5.43. The first-order valence-electron chi connectivity index (χ1n) is 9.90. The maximum Gasteiger partial charge on any atom is 0.240 e. The molecule has 2 heterocycles. The average Bonchev–Trinajstić information content (AvgIpc) is 2.68. The molecular formula is C21H24FN5O2. The van der Waals surface area contributed by atoms with Gasteiger partial charge in [-0.25, -0.2) is 14.4 Å². The van der Waals surface area contributed by atoms with E-state index in [4.69, 9.17) is 0 Å². The van der Waals surface area contributed by atoms with Crippen LogP contribution in [-0.2, 0) is 11.2 Å². The van der Waals surface area contributed by atoms with Crippen LogP contribution in [0.25, 0.3) is 0 Å². The number of Topliss-reactive ketones (excluding diaryl/α,β-unsaturated/α-hetero) is 1. The maximum atomic E-state index is 13.9. The van der Waals surface area contributed by atoms with E-state index in [9.17, 15) is 14.0 Å². The van der Waals surface area contributed by atoms with Crippen LogP contribution in [0, 0.1) is 11.7 Å². The predicted molar refractivity (Wildman–Crippen MR) is 108 cm³/mol. The number of halogens is 1. The molecule has 1 amide bonds. The van der Waals surface area contributed by atoms with Crippen LogP contribution in [0.15, 0.2) is 30.5 Å². The van der Waals surface area contributed by atoms with Crippen molar-refractivity contribution in [2.24, 2.45) is 5.92 Å². The molecule has 7 nitrogen and oxygen atoms in total. The Balaban J connectivity index is 1.31. The van der Waals surface area contributed by atoms with Crippen LogP contribution in [0.1, 0.15) is 29.4 Å². The van der Waals surface area contributed by atoms with Crippen molar-refractivity contribution >= 4 is 23.3 Å².